The Morgan fingerprint density at radius 1 is 1.06 bits per heavy atom. The molecule has 1 radical (unpaired) electrons. The summed E-state index contributed by atoms with van der Waals surface area (Å²) in [5.74, 6) is 0. The van der Waals surface area contributed by atoms with Crippen molar-refractivity contribution in [2.45, 2.75) is 33.9 Å². The Labute approximate surface area is 99.5 Å². The summed E-state index contributed by atoms with van der Waals surface area (Å²) in [4.78, 5) is 0. The van der Waals surface area contributed by atoms with Gasteiger partial charge in [-0.2, -0.15) is 0 Å². The molecule has 1 aliphatic carbocycles. The molecule has 1 aromatic rings. The highest BCUT2D eigenvalue weighted by Gasteiger charge is 2.24. The summed E-state index contributed by atoms with van der Waals surface area (Å²) < 4.78 is 0. The highest BCUT2D eigenvalue weighted by atomic mass is 28.2. The van der Waals surface area contributed by atoms with E-state index >= 15 is 0 Å². The van der Waals surface area contributed by atoms with Gasteiger partial charge in [-0.1, -0.05) is 58.1 Å². The minimum atomic E-state index is -0.441. The molecule has 1 aromatic carbocycles. The molecular formula is C15H19Si. The van der Waals surface area contributed by atoms with Gasteiger partial charge < -0.3 is 0 Å². The van der Waals surface area contributed by atoms with Crippen LogP contribution in [0.15, 0.2) is 24.3 Å². The third-order valence-corrected chi connectivity index (χ3v) is 4.33. The van der Waals surface area contributed by atoms with Crippen molar-refractivity contribution in [2.24, 2.45) is 5.41 Å². The maximum Gasteiger partial charge on any atom is 0.0140 e. The molecule has 0 bridgehead atoms. The van der Waals surface area contributed by atoms with Gasteiger partial charge in [-0.3, -0.25) is 0 Å². The molecule has 0 saturated heterocycles. The lowest BCUT2D eigenvalue weighted by atomic mass is 9.84. The summed E-state index contributed by atoms with van der Waals surface area (Å²) in [5.41, 5.74) is 1.73. The van der Waals surface area contributed by atoms with Crippen molar-refractivity contribution in [3.8, 4) is 0 Å². The first-order valence-electron chi connectivity index (χ1n) is 5.83. The first-order valence-corrected chi connectivity index (χ1v) is 8.33. The van der Waals surface area contributed by atoms with E-state index in [1.807, 2.05) is 0 Å². The van der Waals surface area contributed by atoms with Gasteiger partial charge in [0.2, 0.25) is 0 Å². The van der Waals surface area contributed by atoms with Crippen LogP contribution in [0.1, 0.15) is 20.8 Å². The molecule has 0 heterocycles. The molecule has 0 fully saturated rings. The van der Waals surface area contributed by atoms with Crippen LogP contribution in [0.4, 0.5) is 0 Å². The maximum atomic E-state index is 3.62. The van der Waals surface area contributed by atoms with E-state index in [4.69, 9.17) is 0 Å². The van der Waals surface area contributed by atoms with Crippen LogP contribution in [0.2, 0.25) is 13.1 Å². The standard InChI is InChI=1S/C15H19Si/c1-15(2,3)14-12-9-7-6-8-11(12)10-13(14)16(4)5/h6-9H,1-5H3. The summed E-state index contributed by atoms with van der Waals surface area (Å²) >= 11 is 0. The smallest absolute Gasteiger partial charge is 0.0140 e. The van der Waals surface area contributed by atoms with Crippen molar-refractivity contribution >= 4 is 25.2 Å². The Kier molecular flexibility index (Phi) is 2.75. The first kappa shape index (κ1) is 11.5. The van der Waals surface area contributed by atoms with E-state index < -0.39 is 8.41 Å². The van der Waals surface area contributed by atoms with Crippen molar-refractivity contribution < 1.29 is 0 Å². The number of hydrogen-bond acceptors (Lipinski definition) is 0. The summed E-state index contributed by atoms with van der Waals surface area (Å²) in [6, 6.07) is 8.65. The lowest BCUT2D eigenvalue weighted by molar-refractivity contribution is 0.573. The highest BCUT2D eigenvalue weighted by molar-refractivity contribution is 6.81. The normalized spacial score (nSPS) is 14.8. The van der Waals surface area contributed by atoms with Crippen LogP contribution in [-0.2, 0) is 0 Å². The number of rotatable bonds is 0. The van der Waals surface area contributed by atoms with Crippen LogP contribution in [0, 0.1) is 5.41 Å². The van der Waals surface area contributed by atoms with E-state index in [9.17, 15) is 0 Å². The molecule has 0 aliphatic heterocycles. The Morgan fingerprint density at radius 3 is 2.25 bits per heavy atom. The quantitative estimate of drug-likeness (QED) is 0.595. The second-order valence-electron chi connectivity index (χ2n) is 5.67. The van der Waals surface area contributed by atoms with Crippen molar-refractivity contribution in [3.05, 3.63) is 34.7 Å². The second kappa shape index (κ2) is 3.81. The van der Waals surface area contributed by atoms with Gasteiger partial charge in [0.25, 0.3) is 0 Å². The average molecular weight is 227 g/mol. The number of benzene rings is 1. The van der Waals surface area contributed by atoms with Crippen LogP contribution in [0.25, 0.3) is 11.6 Å². The molecule has 0 spiro atoms. The minimum absolute atomic E-state index is 0.219. The van der Waals surface area contributed by atoms with Crippen molar-refractivity contribution in [2.75, 3.05) is 0 Å². The Morgan fingerprint density at radius 2 is 1.69 bits per heavy atom. The predicted molar refractivity (Wildman–Crippen MR) is 74.5 cm³/mol. The topological polar surface area (TPSA) is 0 Å². The van der Waals surface area contributed by atoms with Gasteiger partial charge in [0, 0.05) is 8.41 Å². The number of hydrogen-bond donors (Lipinski definition) is 0. The first-order chi connectivity index (χ1) is 7.41. The van der Waals surface area contributed by atoms with Gasteiger partial charge in [0.1, 0.15) is 0 Å². The van der Waals surface area contributed by atoms with Crippen molar-refractivity contribution in [1.29, 1.82) is 0 Å². The van der Waals surface area contributed by atoms with Gasteiger partial charge in [0.15, 0.2) is 0 Å². The molecule has 16 heavy (non-hydrogen) atoms. The summed E-state index contributed by atoms with van der Waals surface area (Å²) in [6.45, 7) is 11.6. The van der Waals surface area contributed by atoms with Crippen molar-refractivity contribution in [3.63, 3.8) is 0 Å². The molecule has 2 rings (SSSR count). The fourth-order valence-electron chi connectivity index (χ4n) is 2.30. The zero-order valence-corrected chi connectivity index (χ0v) is 11.8. The van der Waals surface area contributed by atoms with Crippen LogP contribution in [-0.4, -0.2) is 13.6 Å². The number of fused-ring (bicyclic) bond motifs is 1. The molecule has 0 aromatic heterocycles. The Balaban J connectivity index is 2.90. The van der Waals surface area contributed by atoms with Gasteiger partial charge in [-0.15, -0.1) is 0 Å². The van der Waals surface area contributed by atoms with Gasteiger partial charge in [0.05, 0.1) is 0 Å². The summed E-state index contributed by atoms with van der Waals surface area (Å²) in [7, 11) is -0.441. The molecule has 0 amide bonds. The third kappa shape index (κ3) is 1.84. The SMILES string of the molecule is C[Si](C)=C1[C]=c2ccccc2=C1C(C)(C)C. The van der Waals surface area contributed by atoms with E-state index in [0.717, 1.165) is 0 Å². The Hall–Kier alpha value is -0.953. The molecule has 0 unspecified atom stereocenters. The van der Waals surface area contributed by atoms with E-state index in [0.29, 0.717) is 0 Å². The molecule has 0 nitrogen and oxygen atoms in total. The fourth-order valence-corrected chi connectivity index (χ4v) is 3.69. The molecule has 1 aliphatic rings. The summed E-state index contributed by atoms with van der Waals surface area (Å²) in [6.07, 6.45) is 3.62. The van der Waals surface area contributed by atoms with E-state index in [2.05, 4.69) is 64.2 Å². The largest absolute Gasteiger partial charge is 0.0616 e. The average Bonchev–Trinajstić information content (AvgIpc) is 2.55. The molecule has 1 heteroatoms. The van der Waals surface area contributed by atoms with Crippen LogP contribution >= 0.6 is 0 Å². The van der Waals surface area contributed by atoms with Crippen LogP contribution in [0.5, 0.6) is 0 Å². The fraction of sp³-hybridized carbons (Fsp3) is 0.400. The van der Waals surface area contributed by atoms with E-state index in [1.54, 1.807) is 0 Å². The van der Waals surface area contributed by atoms with Gasteiger partial charge in [-0.25, -0.2) is 0 Å². The summed E-state index contributed by atoms with van der Waals surface area (Å²) in [5, 5.41) is 4.17. The van der Waals surface area contributed by atoms with Gasteiger partial charge >= 0.3 is 0 Å². The minimum Gasteiger partial charge on any atom is -0.0616 e. The monoisotopic (exact) mass is 227 g/mol. The lowest BCUT2D eigenvalue weighted by Gasteiger charge is -2.23. The highest BCUT2D eigenvalue weighted by Crippen LogP contribution is 2.28. The molecule has 83 valence electrons. The zero-order chi connectivity index (χ0) is 11.9. The molecule has 0 saturated carbocycles. The van der Waals surface area contributed by atoms with Crippen molar-refractivity contribution in [1.82, 2.24) is 0 Å². The predicted octanol–water partition coefficient (Wildman–Crippen LogP) is 2.06. The molecule has 0 N–H and O–H groups in total. The van der Waals surface area contributed by atoms with E-state index in [-0.39, 0.29) is 5.41 Å². The van der Waals surface area contributed by atoms with Crippen LogP contribution < -0.4 is 10.4 Å². The van der Waals surface area contributed by atoms with E-state index in [1.165, 1.54) is 21.2 Å². The van der Waals surface area contributed by atoms with Crippen LogP contribution in [0.3, 0.4) is 0 Å². The third-order valence-electron chi connectivity index (χ3n) is 2.96. The Bertz CT molecular complexity index is 564. The zero-order valence-electron chi connectivity index (χ0n) is 10.8. The van der Waals surface area contributed by atoms with Gasteiger partial charge in [-0.05, 0) is 32.7 Å². The molecule has 0 atom stereocenters. The lowest BCUT2D eigenvalue weighted by Crippen LogP contribution is -2.28. The second-order valence-corrected chi connectivity index (χ2v) is 8.17. The molecular weight excluding hydrogens is 208 g/mol. The maximum absolute atomic E-state index is 3.62.